The highest BCUT2D eigenvalue weighted by molar-refractivity contribution is 7.92. The Labute approximate surface area is 230 Å². The Morgan fingerprint density at radius 1 is 0.921 bits per heavy atom. The standard InChI is InChI=1S/C29H34ClN3O4S/c1-5-27(29(35)31-6-2)32(19-23-13-11-10-12-21(23)3)28(34)20-33(24-17-16-22(4)26(30)18-24)38(36,37)25-14-8-7-9-15-25/h7-18,27H,5-6,19-20H2,1-4H3,(H,31,35). The lowest BCUT2D eigenvalue weighted by Crippen LogP contribution is -2.52. The first-order chi connectivity index (χ1) is 18.1. The monoisotopic (exact) mass is 555 g/mol. The maximum atomic E-state index is 14.0. The lowest BCUT2D eigenvalue weighted by molar-refractivity contribution is -0.140. The minimum Gasteiger partial charge on any atom is -0.355 e. The Hall–Kier alpha value is -3.36. The van der Waals surface area contributed by atoms with Crippen molar-refractivity contribution in [2.24, 2.45) is 0 Å². The van der Waals surface area contributed by atoms with Crippen molar-refractivity contribution in [1.29, 1.82) is 0 Å². The number of sulfonamides is 1. The van der Waals surface area contributed by atoms with E-state index < -0.39 is 28.5 Å². The molecule has 7 nitrogen and oxygen atoms in total. The SMILES string of the molecule is CCNC(=O)C(CC)N(Cc1ccccc1C)C(=O)CN(c1ccc(C)c(Cl)c1)S(=O)(=O)c1ccccc1. The van der Waals surface area contributed by atoms with E-state index >= 15 is 0 Å². The second-order valence-electron chi connectivity index (χ2n) is 9.02. The fourth-order valence-electron chi connectivity index (χ4n) is 4.17. The molecule has 2 amide bonds. The summed E-state index contributed by atoms with van der Waals surface area (Å²) in [7, 11) is -4.13. The van der Waals surface area contributed by atoms with Gasteiger partial charge in [0.25, 0.3) is 10.0 Å². The highest BCUT2D eigenvalue weighted by atomic mass is 35.5. The molecule has 38 heavy (non-hydrogen) atoms. The number of halogens is 1. The smallest absolute Gasteiger partial charge is 0.264 e. The van der Waals surface area contributed by atoms with Gasteiger partial charge in [0.2, 0.25) is 11.8 Å². The molecule has 3 aromatic carbocycles. The molecule has 0 radical (unpaired) electrons. The first kappa shape index (κ1) is 29.2. The molecule has 202 valence electrons. The molecule has 0 saturated heterocycles. The van der Waals surface area contributed by atoms with Crippen LogP contribution in [0.4, 0.5) is 5.69 Å². The largest absolute Gasteiger partial charge is 0.355 e. The van der Waals surface area contributed by atoms with Crippen molar-refractivity contribution in [3.63, 3.8) is 0 Å². The molecule has 1 unspecified atom stereocenters. The van der Waals surface area contributed by atoms with Crippen LogP contribution in [-0.2, 0) is 26.2 Å². The first-order valence-corrected chi connectivity index (χ1v) is 14.4. The van der Waals surface area contributed by atoms with Crippen LogP contribution in [0.3, 0.4) is 0 Å². The molecule has 3 aromatic rings. The molecule has 3 rings (SSSR count). The number of carbonyl (C=O) groups excluding carboxylic acids is 2. The van der Waals surface area contributed by atoms with Gasteiger partial charge in [-0.15, -0.1) is 0 Å². The molecule has 0 fully saturated rings. The van der Waals surface area contributed by atoms with Gasteiger partial charge in [0.1, 0.15) is 12.6 Å². The lowest BCUT2D eigenvalue weighted by Gasteiger charge is -2.33. The molecule has 0 saturated carbocycles. The number of nitrogens with zero attached hydrogens (tertiary/aromatic N) is 2. The predicted octanol–water partition coefficient (Wildman–Crippen LogP) is 5.10. The fourth-order valence-corrected chi connectivity index (χ4v) is 5.77. The van der Waals surface area contributed by atoms with Crippen molar-refractivity contribution >= 4 is 39.1 Å². The lowest BCUT2D eigenvalue weighted by atomic mass is 10.1. The highest BCUT2D eigenvalue weighted by Gasteiger charge is 2.33. The summed E-state index contributed by atoms with van der Waals surface area (Å²) >= 11 is 6.36. The molecule has 1 N–H and O–H groups in total. The van der Waals surface area contributed by atoms with Gasteiger partial charge in [0.05, 0.1) is 10.6 Å². The van der Waals surface area contributed by atoms with Gasteiger partial charge >= 0.3 is 0 Å². The fraction of sp³-hybridized carbons (Fsp3) is 0.310. The van der Waals surface area contributed by atoms with Crippen LogP contribution in [0.15, 0.2) is 77.7 Å². The molecular weight excluding hydrogens is 522 g/mol. The van der Waals surface area contributed by atoms with E-state index in [4.69, 9.17) is 11.6 Å². The van der Waals surface area contributed by atoms with Gasteiger partial charge in [-0.3, -0.25) is 13.9 Å². The van der Waals surface area contributed by atoms with Gasteiger partial charge in [-0.25, -0.2) is 8.42 Å². The van der Waals surface area contributed by atoms with E-state index in [0.29, 0.717) is 18.0 Å². The molecule has 0 aliphatic heterocycles. The average Bonchev–Trinajstić information content (AvgIpc) is 2.90. The minimum atomic E-state index is -4.13. The molecule has 0 bridgehead atoms. The maximum absolute atomic E-state index is 14.0. The summed E-state index contributed by atoms with van der Waals surface area (Å²) in [4.78, 5) is 28.5. The molecule has 0 aliphatic carbocycles. The Morgan fingerprint density at radius 3 is 2.18 bits per heavy atom. The van der Waals surface area contributed by atoms with Crippen LogP contribution < -0.4 is 9.62 Å². The van der Waals surface area contributed by atoms with Crippen LogP contribution >= 0.6 is 11.6 Å². The van der Waals surface area contributed by atoms with E-state index in [1.54, 1.807) is 30.3 Å². The topological polar surface area (TPSA) is 86.8 Å². The summed E-state index contributed by atoms with van der Waals surface area (Å²) in [6.07, 6.45) is 0.366. The summed E-state index contributed by atoms with van der Waals surface area (Å²) in [6, 6.07) is 19.7. The van der Waals surface area contributed by atoms with Crippen molar-refractivity contribution < 1.29 is 18.0 Å². The van der Waals surface area contributed by atoms with E-state index in [0.717, 1.165) is 21.0 Å². The third kappa shape index (κ3) is 6.74. The van der Waals surface area contributed by atoms with Gasteiger partial charge in [-0.2, -0.15) is 0 Å². The number of rotatable bonds is 11. The number of hydrogen-bond donors (Lipinski definition) is 1. The zero-order chi connectivity index (χ0) is 27.9. The van der Waals surface area contributed by atoms with Gasteiger partial charge in [0.15, 0.2) is 0 Å². The number of nitrogens with one attached hydrogen (secondary N) is 1. The van der Waals surface area contributed by atoms with Crippen LogP contribution in [0.25, 0.3) is 0 Å². The number of amides is 2. The third-order valence-corrected chi connectivity index (χ3v) is 8.59. The Morgan fingerprint density at radius 2 is 1.58 bits per heavy atom. The number of likely N-dealkylation sites (N-methyl/N-ethyl adjacent to an activating group) is 1. The number of hydrogen-bond acceptors (Lipinski definition) is 4. The van der Waals surface area contributed by atoms with Crippen LogP contribution in [0.2, 0.25) is 5.02 Å². The molecule has 9 heteroatoms. The second kappa shape index (κ2) is 12.9. The van der Waals surface area contributed by atoms with Crippen molar-refractivity contribution in [2.75, 3.05) is 17.4 Å². The van der Waals surface area contributed by atoms with E-state index in [9.17, 15) is 18.0 Å². The first-order valence-electron chi connectivity index (χ1n) is 12.6. The summed E-state index contributed by atoms with van der Waals surface area (Å²) < 4.78 is 28.7. The van der Waals surface area contributed by atoms with E-state index in [-0.39, 0.29) is 23.0 Å². The Balaban J connectivity index is 2.08. The van der Waals surface area contributed by atoms with Crippen molar-refractivity contribution in [3.05, 3.63) is 94.5 Å². The van der Waals surface area contributed by atoms with Crippen LogP contribution in [0.1, 0.15) is 37.0 Å². The van der Waals surface area contributed by atoms with Crippen LogP contribution in [0.5, 0.6) is 0 Å². The molecular formula is C29H34ClN3O4S. The maximum Gasteiger partial charge on any atom is 0.264 e. The minimum absolute atomic E-state index is 0.0470. The Bertz CT molecular complexity index is 1380. The number of anilines is 1. The molecule has 0 spiro atoms. The van der Waals surface area contributed by atoms with Crippen molar-refractivity contribution in [1.82, 2.24) is 10.2 Å². The predicted molar refractivity (Wildman–Crippen MR) is 152 cm³/mol. The summed E-state index contributed by atoms with van der Waals surface area (Å²) in [6.45, 7) is 7.47. The van der Waals surface area contributed by atoms with Crippen LogP contribution in [-0.4, -0.2) is 44.3 Å². The number of aryl methyl sites for hydroxylation is 2. The highest BCUT2D eigenvalue weighted by Crippen LogP contribution is 2.28. The summed E-state index contributed by atoms with van der Waals surface area (Å²) in [5.41, 5.74) is 2.89. The van der Waals surface area contributed by atoms with Crippen molar-refractivity contribution in [2.45, 2.75) is 51.6 Å². The molecule has 1 atom stereocenters. The van der Waals surface area contributed by atoms with Crippen molar-refractivity contribution in [3.8, 4) is 0 Å². The van der Waals surface area contributed by atoms with E-state index in [1.165, 1.54) is 23.1 Å². The van der Waals surface area contributed by atoms with E-state index in [1.807, 2.05) is 52.0 Å². The molecule has 0 heterocycles. The average molecular weight is 556 g/mol. The second-order valence-corrected chi connectivity index (χ2v) is 11.3. The summed E-state index contributed by atoms with van der Waals surface area (Å²) in [5, 5.41) is 3.19. The zero-order valence-electron chi connectivity index (χ0n) is 22.1. The van der Waals surface area contributed by atoms with Gasteiger partial charge in [-0.1, -0.05) is 67.1 Å². The van der Waals surface area contributed by atoms with Gasteiger partial charge < -0.3 is 10.2 Å². The number of carbonyl (C=O) groups is 2. The van der Waals surface area contributed by atoms with Gasteiger partial charge in [-0.05, 0) is 68.1 Å². The molecule has 0 aliphatic rings. The third-order valence-electron chi connectivity index (χ3n) is 6.39. The normalized spacial score (nSPS) is 12.0. The summed E-state index contributed by atoms with van der Waals surface area (Å²) in [5.74, 6) is -0.782. The van der Waals surface area contributed by atoms with Gasteiger partial charge in [0, 0.05) is 18.1 Å². The van der Waals surface area contributed by atoms with Crippen LogP contribution in [0, 0.1) is 13.8 Å². The quantitative estimate of drug-likeness (QED) is 0.357. The van der Waals surface area contributed by atoms with E-state index in [2.05, 4.69) is 5.32 Å². The Kier molecular flexibility index (Phi) is 9.94. The zero-order valence-corrected chi connectivity index (χ0v) is 23.7. The number of benzene rings is 3. The molecule has 0 aromatic heterocycles.